The number of rotatable bonds is 2. The summed E-state index contributed by atoms with van der Waals surface area (Å²) in [7, 11) is 0. The molecular formula is C14H26N2O. The summed E-state index contributed by atoms with van der Waals surface area (Å²) >= 11 is 0. The first-order valence-electron chi connectivity index (χ1n) is 7.00. The van der Waals surface area contributed by atoms with E-state index in [-0.39, 0.29) is 16.9 Å². The van der Waals surface area contributed by atoms with Crippen LogP contribution in [0.15, 0.2) is 0 Å². The van der Waals surface area contributed by atoms with Gasteiger partial charge in [0.1, 0.15) is 0 Å². The number of amides is 1. The molecule has 1 aliphatic heterocycles. The smallest absolute Gasteiger partial charge is 0.240 e. The van der Waals surface area contributed by atoms with Crippen molar-refractivity contribution in [3.63, 3.8) is 0 Å². The molecule has 1 aliphatic carbocycles. The molecule has 98 valence electrons. The third kappa shape index (κ3) is 2.65. The Kier molecular flexibility index (Phi) is 3.48. The summed E-state index contributed by atoms with van der Waals surface area (Å²) in [5, 5.41) is 6.66. The van der Waals surface area contributed by atoms with Crippen LogP contribution in [0.1, 0.15) is 59.3 Å². The second-order valence-electron chi connectivity index (χ2n) is 6.62. The number of hydrogen-bond donors (Lipinski definition) is 2. The highest BCUT2D eigenvalue weighted by molar-refractivity contribution is 5.86. The van der Waals surface area contributed by atoms with Crippen LogP contribution in [-0.2, 0) is 4.79 Å². The minimum absolute atomic E-state index is 0.206. The summed E-state index contributed by atoms with van der Waals surface area (Å²) in [6.45, 7) is 7.55. The zero-order valence-corrected chi connectivity index (χ0v) is 11.4. The van der Waals surface area contributed by atoms with E-state index in [0.29, 0.717) is 6.04 Å². The van der Waals surface area contributed by atoms with Crippen LogP contribution in [0, 0.1) is 5.41 Å². The molecule has 2 atom stereocenters. The summed E-state index contributed by atoms with van der Waals surface area (Å²) in [5.41, 5.74) is -0.0718. The van der Waals surface area contributed by atoms with Gasteiger partial charge in [-0.3, -0.25) is 4.79 Å². The second kappa shape index (κ2) is 4.60. The summed E-state index contributed by atoms with van der Waals surface area (Å²) < 4.78 is 0. The predicted octanol–water partition coefficient (Wildman–Crippen LogP) is 2.21. The van der Waals surface area contributed by atoms with Crippen molar-refractivity contribution in [3.05, 3.63) is 0 Å². The Morgan fingerprint density at radius 1 is 1.18 bits per heavy atom. The molecule has 1 amide bonds. The molecule has 3 nitrogen and oxygen atoms in total. The van der Waals surface area contributed by atoms with Crippen molar-refractivity contribution in [2.24, 2.45) is 5.41 Å². The Hall–Kier alpha value is -0.570. The number of piperidine rings is 1. The van der Waals surface area contributed by atoms with Crippen molar-refractivity contribution in [2.75, 3.05) is 6.54 Å². The van der Waals surface area contributed by atoms with Gasteiger partial charge in [0.15, 0.2) is 0 Å². The van der Waals surface area contributed by atoms with E-state index in [9.17, 15) is 4.79 Å². The topological polar surface area (TPSA) is 41.1 Å². The number of carbonyl (C=O) groups excluding carboxylic acids is 1. The Balaban J connectivity index is 1.96. The molecule has 0 spiro atoms. The SMILES string of the molecule is CC1(C(=O)NC2CCCC2(C)C)CCCCN1. The van der Waals surface area contributed by atoms with Gasteiger partial charge in [0.2, 0.25) is 5.91 Å². The maximum absolute atomic E-state index is 12.4. The van der Waals surface area contributed by atoms with Gasteiger partial charge in [0, 0.05) is 6.04 Å². The van der Waals surface area contributed by atoms with Gasteiger partial charge in [-0.25, -0.2) is 0 Å². The van der Waals surface area contributed by atoms with Gasteiger partial charge in [0.05, 0.1) is 5.54 Å². The van der Waals surface area contributed by atoms with Crippen LogP contribution >= 0.6 is 0 Å². The maximum atomic E-state index is 12.4. The monoisotopic (exact) mass is 238 g/mol. The molecule has 2 N–H and O–H groups in total. The van der Waals surface area contributed by atoms with Gasteiger partial charge in [0.25, 0.3) is 0 Å². The molecule has 2 aliphatic rings. The van der Waals surface area contributed by atoms with E-state index in [4.69, 9.17) is 0 Å². The van der Waals surface area contributed by atoms with E-state index in [2.05, 4.69) is 24.5 Å². The van der Waals surface area contributed by atoms with Gasteiger partial charge in [-0.1, -0.05) is 20.3 Å². The molecule has 2 rings (SSSR count). The van der Waals surface area contributed by atoms with Crippen molar-refractivity contribution >= 4 is 5.91 Å². The molecule has 0 aromatic heterocycles. The number of nitrogens with one attached hydrogen (secondary N) is 2. The molecule has 1 heterocycles. The number of carbonyl (C=O) groups is 1. The van der Waals surface area contributed by atoms with Crippen molar-refractivity contribution < 1.29 is 4.79 Å². The fraction of sp³-hybridized carbons (Fsp3) is 0.929. The molecule has 1 saturated heterocycles. The van der Waals surface area contributed by atoms with Crippen LogP contribution in [-0.4, -0.2) is 24.0 Å². The molecular weight excluding hydrogens is 212 g/mol. The fourth-order valence-corrected chi connectivity index (χ4v) is 3.16. The van der Waals surface area contributed by atoms with E-state index in [1.807, 2.05) is 6.92 Å². The van der Waals surface area contributed by atoms with Gasteiger partial charge < -0.3 is 10.6 Å². The van der Waals surface area contributed by atoms with Crippen LogP contribution in [0.2, 0.25) is 0 Å². The Morgan fingerprint density at radius 3 is 2.47 bits per heavy atom. The summed E-state index contributed by atoms with van der Waals surface area (Å²) in [5.74, 6) is 0.206. The van der Waals surface area contributed by atoms with Crippen LogP contribution in [0.3, 0.4) is 0 Å². The summed E-state index contributed by atoms with van der Waals surface area (Å²) in [4.78, 5) is 12.4. The molecule has 0 aromatic carbocycles. The van der Waals surface area contributed by atoms with Crippen LogP contribution in [0.5, 0.6) is 0 Å². The third-order valence-electron chi connectivity index (χ3n) is 4.68. The minimum Gasteiger partial charge on any atom is -0.351 e. The van der Waals surface area contributed by atoms with Gasteiger partial charge in [-0.05, 0) is 51.0 Å². The standard InChI is InChI=1S/C14H26N2O/c1-13(2)8-6-7-11(13)16-12(17)14(3)9-4-5-10-15-14/h11,15H,4-10H2,1-3H3,(H,16,17). The molecule has 3 heteroatoms. The predicted molar refractivity (Wildman–Crippen MR) is 69.8 cm³/mol. The molecule has 2 unspecified atom stereocenters. The average molecular weight is 238 g/mol. The summed E-state index contributed by atoms with van der Waals surface area (Å²) in [6.07, 6.45) is 6.91. The van der Waals surface area contributed by atoms with Crippen LogP contribution < -0.4 is 10.6 Å². The normalized spacial score (nSPS) is 36.8. The largest absolute Gasteiger partial charge is 0.351 e. The highest BCUT2D eigenvalue weighted by atomic mass is 16.2. The fourth-order valence-electron chi connectivity index (χ4n) is 3.16. The Morgan fingerprint density at radius 2 is 1.94 bits per heavy atom. The highest BCUT2D eigenvalue weighted by Gasteiger charge is 2.40. The van der Waals surface area contributed by atoms with Crippen molar-refractivity contribution in [1.82, 2.24) is 10.6 Å². The van der Waals surface area contributed by atoms with E-state index in [0.717, 1.165) is 25.8 Å². The molecule has 0 bridgehead atoms. The zero-order chi connectivity index (χ0) is 12.5. The number of hydrogen-bond acceptors (Lipinski definition) is 2. The van der Waals surface area contributed by atoms with E-state index < -0.39 is 0 Å². The van der Waals surface area contributed by atoms with E-state index in [1.54, 1.807) is 0 Å². The van der Waals surface area contributed by atoms with Gasteiger partial charge >= 0.3 is 0 Å². The first kappa shape index (κ1) is 12.9. The Labute approximate surface area is 105 Å². The molecule has 17 heavy (non-hydrogen) atoms. The van der Waals surface area contributed by atoms with Crippen molar-refractivity contribution in [1.29, 1.82) is 0 Å². The molecule has 2 fully saturated rings. The minimum atomic E-state index is -0.336. The van der Waals surface area contributed by atoms with Crippen LogP contribution in [0.4, 0.5) is 0 Å². The lowest BCUT2D eigenvalue weighted by atomic mass is 9.85. The van der Waals surface area contributed by atoms with Gasteiger partial charge in [-0.15, -0.1) is 0 Å². The zero-order valence-electron chi connectivity index (χ0n) is 11.4. The molecule has 0 radical (unpaired) electrons. The second-order valence-corrected chi connectivity index (χ2v) is 6.62. The van der Waals surface area contributed by atoms with E-state index >= 15 is 0 Å². The van der Waals surface area contributed by atoms with Crippen LogP contribution in [0.25, 0.3) is 0 Å². The average Bonchev–Trinajstić information content (AvgIpc) is 2.59. The third-order valence-corrected chi connectivity index (χ3v) is 4.68. The molecule has 1 saturated carbocycles. The van der Waals surface area contributed by atoms with Crippen molar-refractivity contribution in [2.45, 2.75) is 70.9 Å². The van der Waals surface area contributed by atoms with E-state index in [1.165, 1.54) is 19.3 Å². The Bertz CT molecular complexity index is 293. The first-order chi connectivity index (χ1) is 7.94. The van der Waals surface area contributed by atoms with Gasteiger partial charge in [-0.2, -0.15) is 0 Å². The highest BCUT2D eigenvalue weighted by Crippen LogP contribution is 2.37. The lowest BCUT2D eigenvalue weighted by Crippen LogP contribution is -2.59. The van der Waals surface area contributed by atoms with Crippen molar-refractivity contribution in [3.8, 4) is 0 Å². The lowest BCUT2D eigenvalue weighted by molar-refractivity contribution is -0.129. The maximum Gasteiger partial charge on any atom is 0.240 e. The quantitative estimate of drug-likeness (QED) is 0.774. The lowest BCUT2D eigenvalue weighted by Gasteiger charge is -2.36. The molecule has 0 aromatic rings. The first-order valence-corrected chi connectivity index (χ1v) is 7.00. The summed E-state index contributed by atoms with van der Waals surface area (Å²) in [6, 6.07) is 0.357.